The second-order valence-electron chi connectivity index (χ2n) is 5.65. The fraction of sp³-hybridized carbons (Fsp3) is 0.857. The van der Waals surface area contributed by atoms with Gasteiger partial charge in [0.05, 0.1) is 0 Å². The summed E-state index contributed by atoms with van der Waals surface area (Å²) in [6.07, 6.45) is 9.54. The van der Waals surface area contributed by atoms with E-state index in [1.807, 2.05) is 0 Å². The summed E-state index contributed by atoms with van der Waals surface area (Å²) in [5.74, 6) is -0.301. The highest BCUT2D eigenvalue weighted by Gasteiger charge is 2.36. The van der Waals surface area contributed by atoms with Gasteiger partial charge < -0.3 is 10.0 Å². The van der Waals surface area contributed by atoms with Gasteiger partial charge in [-0.1, -0.05) is 32.1 Å². The molecule has 4 heteroatoms. The number of carbonyl (C=O) groups excluding carboxylic acids is 1. The molecule has 1 aliphatic heterocycles. The van der Waals surface area contributed by atoms with Crippen LogP contribution in [0.3, 0.4) is 0 Å². The van der Waals surface area contributed by atoms with Crippen LogP contribution in [0.25, 0.3) is 0 Å². The average molecular weight is 253 g/mol. The van der Waals surface area contributed by atoms with Gasteiger partial charge in [-0.05, 0) is 25.2 Å². The summed E-state index contributed by atoms with van der Waals surface area (Å²) in [6, 6.07) is -0.567. The maximum absolute atomic E-state index is 11.8. The fourth-order valence-corrected chi connectivity index (χ4v) is 3.22. The summed E-state index contributed by atoms with van der Waals surface area (Å²) in [5.41, 5.74) is 0. The Kier molecular flexibility index (Phi) is 4.61. The first kappa shape index (κ1) is 13.4. The van der Waals surface area contributed by atoms with E-state index >= 15 is 0 Å². The third kappa shape index (κ3) is 3.24. The minimum absolute atomic E-state index is 0.0319. The van der Waals surface area contributed by atoms with Crippen LogP contribution in [0.1, 0.15) is 57.8 Å². The van der Waals surface area contributed by atoms with E-state index in [-0.39, 0.29) is 5.91 Å². The van der Waals surface area contributed by atoms with Crippen molar-refractivity contribution in [2.24, 2.45) is 5.92 Å². The average Bonchev–Trinajstić information content (AvgIpc) is 2.64. The molecule has 102 valence electrons. The maximum atomic E-state index is 11.8. The largest absolute Gasteiger partial charge is 0.480 e. The first-order valence-corrected chi connectivity index (χ1v) is 7.21. The quantitative estimate of drug-likeness (QED) is 0.840. The molecule has 1 saturated heterocycles. The summed E-state index contributed by atoms with van der Waals surface area (Å²) in [4.78, 5) is 24.5. The van der Waals surface area contributed by atoms with Crippen molar-refractivity contribution < 1.29 is 14.7 Å². The number of carbonyl (C=O) groups is 2. The van der Waals surface area contributed by atoms with Crippen LogP contribution in [0, 0.1) is 5.92 Å². The maximum Gasteiger partial charge on any atom is 0.326 e. The monoisotopic (exact) mass is 253 g/mol. The van der Waals surface area contributed by atoms with Crippen molar-refractivity contribution in [3.05, 3.63) is 0 Å². The lowest BCUT2D eigenvalue weighted by Gasteiger charge is -2.28. The molecule has 18 heavy (non-hydrogen) atoms. The Bertz CT molecular complexity index is 308. The smallest absolute Gasteiger partial charge is 0.326 e. The van der Waals surface area contributed by atoms with E-state index in [0.717, 1.165) is 12.8 Å². The van der Waals surface area contributed by atoms with Gasteiger partial charge in [0.25, 0.3) is 0 Å². The number of likely N-dealkylation sites (tertiary alicyclic amines) is 1. The lowest BCUT2D eigenvalue weighted by atomic mass is 9.90. The zero-order valence-electron chi connectivity index (χ0n) is 10.9. The first-order valence-electron chi connectivity index (χ1n) is 7.21. The highest BCUT2D eigenvalue weighted by atomic mass is 16.4. The molecule has 1 heterocycles. The van der Waals surface area contributed by atoms with Crippen molar-refractivity contribution in [2.45, 2.75) is 63.8 Å². The van der Waals surface area contributed by atoms with Crippen molar-refractivity contribution in [1.29, 1.82) is 0 Å². The molecule has 2 aliphatic rings. The van der Waals surface area contributed by atoms with E-state index < -0.39 is 12.0 Å². The summed E-state index contributed by atoms with van der Waals surface area (Å²) < 4.78 is 0. The first-order chi connectivity index (χ1) is 8.68. The lowest BCUT2D eigenvalue weighted by molar-refractivity contribution is -0.146. The van der Waals surface area contributed by atoms with E-state index in [4.69, 9.17) is 5.11 Å². The Labute approximate surface area is 108 Å². The van der Waals surface area contributed by atoms with Crippen molar-refractivity contribution in [3.63, 3.8) is 0 Å². The second-order valence-corrected chi connectivity index (χ2v) is 5.65. The number of amides is 1. The molecule has 0 radical (unpaired) electrons. The third-order valence-electron chi connectivity index (χ3n) is 4.29. The van der Waals surface area contributed by atoms with E-state index in [1.165, 1.54) is 32.1 Å². The molecule has 1 aliphatic carbocycles. The van der Waals surface area contributed by atoms with Gasteiger partial charge in [-0.2, -0.15) is 0 Å². The summed E-state index contributed by atoms with van der Waals surface area (Å²) in [7, 11) is 0. The zero-order chi connectivity index (χ0) is 13.0. The standard InChI is InChI=1S/C14H23NO3/c16-13-9-8-12(14(17)18)15(13)10-11-6-4-2-1-3-5-7-11/h11-12H,1-10H2,(H,17,18). The van der Waals surface area contributed by atoms with Crippen molar-refractivity contribution in [1.82, 2.24) is 4.90 Å². The van der Waals surface area contributed by atoms with Crippen LogP contribution in [-0.4, -0.2) is 34.5 Å². The van der Waals surface area contributed by atoms with Crippen LogP contribution in [0.5, 0.6) is 0 Å². The normalized spacial score (nSPS) is 27.0. The Hall–Kier alpha value is -1.06. The molecular weight excluding hydrogens is 230 g/mol. The summed E-state index contributed by atoms with van der Waals surface area (Å²) in [5, 5.41) is 9.14. The van der Waals surface area contributed by atoms with E-state index in [1.54, 1.807) is 4.90 Å². The Morgan fingerprint density at radius 2 is 1.72 bits per heavy atom. The van der Waals surface area contributed by atoms with Crippen molar-refractivity contribution >= 4 is 11.9 Å². The van der Waals surface area contributed by atoms with Gasteiger partial charge in [-0.3, -0.25) is 4.79 Å². The molecule has 0 aromatic rings. The molecule has 2 rings (SSSR count). The number of aliphatic carboxylic acids is 1. The SMILES string of the molecule is O=C(O)C1CCC(=O)N1CC1CCCCCCC1. The summed E-state index contributed by atoms with van der Waals surface area (Å²) in [6.45, 7) is 0.663. The highest BCUT2D eigenvalue weighted by Crippen LogP contribution is 2.27. The van der Waals surface area contributed by atoms with E-state index in [2.05, 4.69) is 0 Å². The van der Waals surface area contributed by atoms with Gasteiger partial charge in [0.15, 0.2) is 0 Å². The number of hydrogen-bond acceptors (Lipinski definition) is 2. The summed E-state index contributed by atoms with van der Waals surface area (Å²) >= 11 is 0. The van der Waals surface area contributed by atoms with Gasteiger partial charge >= 0.3 is 5.97 Å². The molecule has 0 spiro atoms. The molecule has 0 aromatic carbocycles. The Balaban J connectivity index is 1.92. The molecule has 2 fully saturated rings. The molecule has 0 bridgehead atoms. The van der Waals surface area contributed by atoms with E-state index in [9.17, 15) is 9.59 Å². The van der Waals surface area contributed by atoms with Crippen LogP contribution in [-0.2, 0) is 9.59 Å². The molecule has 1 amide bonds. The van der Waals surface area contributed by atoms with Crippen molar-refractivity contribution in [3.8, 4) is 0 Å². The predicted octanol–water partition coefficient (Wildman–Crippen LogP) is 2.42. The van der Waals surface area contributed by atoms with Crippen LogP contribution in [0.2, 0.25) is 0 Å². The fourth-order valence-electron chi connectivity index (χ4n) is 3.22. The zero-order valence-corrected chi connectivity index (χ0v) is 10.9. The van der Waals surface area contributed by atoms with Crippen LogP contribution in [0.15, 0.2) is 0 Å². The number of carboxylic acid groups (broad SMARTS) is 1. The highest BCUT2D eigenvalue weighted by molar-refractivity contribution is 5.87. The van der Waals surface area contributed by atoms with Gasteiger partial charge in [-0.25, -0.2) is 4.79 Å². The third-order valence-corrected chi connectivity index (χ3v) is 4.29. The second kappa shape index (κ2) is 6.21. The van der Waals surface area contributed by atoms with Gasteiger partial charge in [0.1, 0.15) is 6.04 Å². The number of nitrogens with zero attached hydrogens (tertiary/aromatic N) is 1. The molecule has 1 unspecified atom stereocenters. The van der Waals surface area contributed by atoms with Gasteiger partial charge in [-0.15, -0.1) is 0 Å². The Morgan fingerprint density at radius 1 is 1.11 bits per heavy atom. The molecule has 0 aromatic heterocycles. The molecule has 4 nitrogen and oxygen atoms in total. The number of rotatable bonds is 3. The predicted molar refractivity (Wildman–Crippen MR) is 68.2 cm³/mol. The van der Waals surface area contributed by atoms with Gasteiger partial charge in [0.2, 0.25) is 5.91 Å². The van der Waals surface area contributed by atoms with Gasteiger partial charge in [0, 0.05) is 13.0 Å². The molecule has 1 atom stereocenters. The minimum atomic E-state index is -0.841. The van der Waals surface area contributed by atoms with Crippen LogP contribution >= 0.6 is 0 Å². The van der Waals surface area contributed by atoms with Crippen molar-refractivity contribution in [2.75, 3.05) is 6.54 Å². The molecular formula is C14H23NO3. The Morgan fingerprint density at radius 3 is 2.33 bits per heavy atom. The number of hydrogen-bond donors (Lipinski definition) is 1. The van der Waals surface area contributed by atoms with Crippen LogP contribution in [0.4, 0.5) is 0 Å². The van der Waals surface area contributed by atoms with Crippen LogP contribution < -0.4 is 0 Å². The number of carboxylic acids is 1. The van der Waals surface area contributed by atoms with E-state index in [0.29, 0.717) is 25.3 Å². The molecule has 1 N–H and O–H groups in total. The molecule has 1 saturated carbocycles. The lowest BCUT2D eigenvalue weighted by Crippen LogP contribution is -2.41. The topological polar surface area (TPSA) is 57.6 Å². The minimum Gasteiger partial charge on any atom is -0.480 e.